The Morgan fingerprint density at radius 1 is 1.52 bits per heavy atom. The van der Waals surface area contributed by atoms with Gasteiger partial charge in [-0.15, -0.1) is 0 Å². The number of halogens is 1. The third-order valence-electron chi connectivity index (χ3n) is 4.11. The first-order valence-corrected chi connectivity index (χ1v) is 8.16. The number of amides is 1. The molecule has 1 fully saturated rings. The van der Waals surface area contributed by atoms with E-state index in [2.05, 4.69) is 42.4 Å². The van der Waals surface area contributed by atoms with Gasteiger partial charge in [0.1, 0.15) is 5.52 Å². The van der Waals surface area contributed by atoms with Crippen LogP contribution in [0.25, 0.3) is 11.2 Å². The van der Waals surface area contributed by atoms with Crippen molar-refractivity contribution < 1.29 is 4.79 Å². The minimum atomic E-state index is -0.0737. The van der Waals surface area contributed by atoms with Crippen LogP contribution in [0.4, 0.5) is 5.82 Å². The first-order chi connectivity index (χ1) is 11.2. The smallest absolute Gasteiger partial charge is 0.239 e. The molecule has 2 aromatic rings. The largest absolute Gasteiger partial charge is 0.359 e. The Balaban J connectivity index is 1.53. The number of likely N-dealkylation sites (N-methyl/N-ethyl adjacent to an activating group) is 1. The highest BCUT2D eigenvalue weighted by molar-refractivity contribution is 6.28. The van der Waals surface area contributed by atoms with E-state index in [0.717, 1.165) is 19.5 Å². The van der Waals surface area contributed by atoms with E-state index in [1.54, 1.807) is 0 Å². The summed E-state index contributed by atoms with van der Waals surface area (Å²) in [6.07, 6.45) is 3.85. The first kappa shape index (κ1) is 15.9. The van der Waals surface area contributed by atoms with Crippen molar-refractivity contribution in [3.05, 3.63) is 11.6 Å². The van der Waals surface area contributed by atoms with Gasteiger partial charge < -0.3 is 15.6 Å². The lowest BCUT2D eigenvalue weighted by Gasteiger charge is -2.22. The highest BCUT2D eigenvalue weighted by Crippen LogP contribution is 2.18. The molecule has 1 saturated heterocycles. The van der Waals surface area contributed by atoms with Gasteiger partial charge in [-0.25, -0.2) is 4.98 Å². The summed E-state index contributed by atoms with van der Waals surface area (Å²) in [5.74, 6) is 0.402. The van der Waals surface area contributed by atoms with E-state index in [1.165, 1.54) is 12.7 Å². The van der Waals surface area contributed by atoms with Gasteiger partial charge in [0.25, 0.3) is 0 Å². The van der Waals surface area contributed by atoms with Crippen LogP contribution in [0.1, 0.15) is 19.8 Å². The SMILES string of the molecule is CCN1CCCC1CNC(=O)CNc1nc(Cl)nc2nc[nH]c12. The highest BCUT2D eigenvalue weighted by Gasteiger charge is 2.23. The molecule has 3 N–H and O–H groups in total. The summed E-state index contributed by atoms with van der Waals surface area (Å²) in [7, 11) is 0. The van der Waals surface area contributed by atoms with Crippen LogP contribution in [0, 0.1) is 0 Å². The number of hydrogen-bond acceptors (Lipinski definition) is 6. The summed E-state index contributed by atoms with van der Waals surface area (Å²) in [5, 5.41) is 6.05. The zero-order chi connectivity index (χ0) is 16.2. The molecule has 9 heteroatoms. The predicted molar refractivity (Wildman–Crippen MR) is 88.5 cm³/mol. The van der Waals surface area contributed by atoms with Crippen LogP contribution in [0.3, 0.4) is 0 Å². The molecule has 124 valence electrons. The van der Waals surface area contributed by atoms with E-state index in [-0.39, 0.29) is 17.7 Å². The number of H-pyrrole nitrogens is 1. The van der Waals surface area contributed by atoms with E-state index < -0.39 is 0 Å². The number of aromatic nitrogens is 4. The molecule has 2 aromatic heterocycles. The first-order valence-electron chi connectivity index (χ1n) is 7.78. The van der Waals surface area contributed by atoms with Crippen LogP contribution in [0.15, 0.2) is 6.33 Å². The molecule has 1 atom stereocenters. The van der Waals surface area contributed by atoms with Crippen LogP contribution >= 0.6 is 11.6 Å². The third-order valence-corrected chi connectivity index (χ3v) is 4.28. The Morgan fingerprint density at radius 3 is 3.22 bits per heavy atom. The predicted octanol–water partition coefficient (Wildman–Crippen LogP) is 1.02. The third kappa shape index (κ3) is 3.70. The van der Waals surface area contributed by atoms with Gasteiger partial charge in [-0.2, -0.15) is 9.97 Å². The lowest BCUT2D eigenvalue weighted by Crippen LogP contribution is -2.41. The number of rotatable bonds is 6. The number of nitrogens with zero attached hydrogens (tertiary/aromatic N) is 4. The molecular formula is C14H20ClN7O. The molecule has 0 bridgehead atoms. The Morgan fingerprint density at radius 2 is 2.39 bits per heavy atom. The van der Waals surface area contributed by atoms with Crippen LogP contribution < -0.4 is 10.6 Å². The summed E-state index contributed by atoms with van der Waals surface area (Å²) < 4.78 is 0. The highest BCUT2D eigenvalue weighted by atomic mass is 35.5. The van der Waals surface area contributed by atoms with Crippen LogP contribution in [-0.2, 0) is 4.79 Å². The fraction of sp³-hybridized carbons (Fsp3) is 0.571. The minimum absolute atomic E-state index is 0.0737. The number of hydrogen-bond donors (Lipinski definition) is 3. The van der Waals surface area contributed by atoms with Crippen LogP contribution in [0.5, 0.6) is 0 Å². The van der Waals surface area contributed by atoms with Gasteiger partial charge in [0.15, 0.2) is 11.5 Å². The summed E-state index contributed by atoms with van der Waals surface area (Å²) in [6, 6.07) is 0.441. The average molecular weight is 338 g/mol. The summed E-state index contributed by atoms with van der Waals surface area (Å²) in [4.78, 5) is 29.5. The zero-order valence-corrected chi connectivity index (χ0v) is 13.7. The molecule has 8 nitrogen and oxygen atoms in total. The molecule has 0 aromatic carbocycles. The topological polar surface area (TPSA) is 98.8 Å². The zero-order valence-electron chi connectivity index (χ0n) is 13.0. The lowest BCUT2D eigenvalue weighted by molar-refractivity contribution is -0.119. The molecule has 0 spiro atoms. The number of anilines is 1. The van der Waals surface area contributed by atoms with E-state index in [9.17, 15) is 4.79 Å². The van der Waals surface area contributed by atoms with Crippen LogP contribution in [-0.4, -0.2) is 63.0 Å². The van der Waals surface area contributed by atoms with Crippen molar-refractivity contribution in [3.8, 4) is 0 Å². The number of likely N-dealkylation sites (tertiary alicyclic amines) is 1. The maximum absolute atomic E-state index is 12.0. The molecule has 1 amide bonds. The number of aromatic amines is 1. The average Bonchev–Trinajstić information content (AvgIpc) is 3.18. The van der Waals surface area contributed by atoms with E-state index >= 15 is 0 Å². The fourth-order valence-corrected chi connectivity index (χ4v) is 3.10. The van der Waals surface area contributed by atoms with Crippen molar-refractivity contribution in [2.24, 2.45) is 0 Å². The number of carbonyl (C=O) groups is 1. The van der Waals surface area contributed by atoms with Gasteiger partial charge >= 0.3 is 0 Å². The number of imidazole rings is 1. The van der Waals surface area contributed by atoms with Crippen molar-refractivity contribution >= 4 is 34.5 Å². The van der Waals surface area contributed by atoms with E-state index in [1.807, 2.05) is 0 Å². The minimum Gasteiger partial charge on any atom is -0.359 e. The van der Waals surface area contributed by atoms with Crippen molar-refractivity contribution in [1.82, 2.24) is 30.2 Å². The molecule has 0 radical (unpaired) electrons. The number of nitrogens with one attached hydrogen (secondary N) is 3. The summed E-state index contributed by atoms with van der Waals surface area (Å²) >= 11 is 5.85. The standard InChI is InChI=1S/C14H20ClN7O/c1-2-22-5-3-4-9(22)6-16-10(23)7-17-12-11-13(19-8-18-11)21-14(15)20-12/h8-9H,2-7H2,1H3,(H,16,23)(H2,17,18,19,20,21). The van der Waals surface area contributed by atoms with Gasteiger partial charge in [-0.1, -0.05) is 6.92 Å². The second-order valence-electron chi connectivity index (χ2n) is 5.52. The molecule has 1 unspecified atom stereocenters. The van der Waals surface area contributed by atoms with Crippen LogP contribution in [0.2, 0.25) is 5.28 Å². The maximum atomic E-state index is 12.0. The monoisotopic (exact) mass is 337 g/mol. The van der Waals surface area contributed by atoms with Crippen molar-refractivity contribution in [2.45, 2.75) is 25.8 Å². The summed E-state index contributed by atoms with van der Waals surface area (Å²) in [5.41, 5.74) is 1.10. The van der Waals surface area contributed by atoms with Gasteiger partial charge in [0.2, 0.25) is 11.2 Å². The molecular weight excluding hydrogens is 318 g/mol. The summed E-state index contributed by atoms with van der Waals surface area (Å²) in [6.45, 7) is 5.09. The Labute approximate surface area is 139 Å². The van der Waals surface area contributed by atoms with Gasteiger partial charge in [0, 0.05) is 12.6 Å². The molecule has 0 aliphatic carbocycles. The molecule has 3 rings (SSSR count). The van der Waals surface area contributed by atoms with E-state index in [4.69, 9.17) is 11.6 Å². The lowest BCUT2D eigenvalue weighted by atomic mass is 10.2. The number of carbonyl (C=O) groups excluding carboxylic acids is 1. The normalized spacial score (nSPS) is 18.4. The van der Waals surface area contributed by atoms with E-state index in [0.29, 0.717) is 29.6 Å². The van der Waals surface area contributed by atoms with Gasteiger partial charge in [-0.3, -0.25) is 9.69 Å². The quantitative estimate of drug-likeness (QED) is 0.681. The number of fused-ring (bicyclic) bond motifs is 1. The Kier molecular flexibility index (Phi) is 4.92. The second-order valence-corrected chi connectivity index (χ2v) is 5.86. The second kappa shape index (κ2) is 7.10. The molecule has 3 heterocycles. The molecule has 1 aliphatic heterocycles. The molecule has 0 saturated carbocycles. The van der Waals surface area contributed by atoms with Crippen molar-refractivity contribution in [3.63, 3.8) is 0 Å². The maximum Gasteiger partial charge on any atom is 0.239 e. The van der Waals surface area contributed by atoms with Crippen molar-refractivity contribution in [2.75, 3.05) is 31.5 Å². The molecule has 1 aliphatic rings. The molecule has 23 heavy (non-hydrogen) atoms. The van der Waals surface area contributed by atoms with Gasteiger partial charge in [0.05, 0.1) is 12.9 Å². The van der Waals surface area contributed by atoms with Crippen molar-refractivity contribution in [1.29, 1.82) is 0 Å². The van der Waals surface area contributed by atoms with Gasteiger partial charge in [-0.05, 0) is 37.5 Å². The fourth-order valence-electron chi connectivity index (χ4n) is 2.94. The Hall–Kier alpha value is -1.93. The Bertz CT molecular complexity index is 689.